The van der Waals surface area contributed by atoms with Crippen LogP contribution in [0.4, 0.5) is 0 Å². The van der Waals surface area contributed by atoms with E-state index in [0.29, 0.717) is 17.2 Å². The van der Waals surface area contributed by atoms with Gasteiger partial charge in [0.1, 0.15) is 6.54 Å². The van der Waals surface area contributed by atoms with Gasteiger partial charge in [-0.3, -0.25) is 9.59 Å². The van der Waals surface area contributed by atoms with Crippen LogP contribution in [-0.4, -0.2) is 47.9 Å². The standard InChI is InChI=1S/C19H23N3O4/c1-25-16-8-6-14(12-17(16)26-2)15-7-9-18(23)22(20-15)13-19(24)21-10-4-3-5-11-21/h6-9,12H,3-5,10-11,13H2,1-2H3. The van der Waals surface area contributed by atoms with Gasteiger partial charge in [-0.2, -0.15) is 5.10 Å². The van der Waals surface area contributed by atoms with E-state index in [9.17, 15) is 9.59 Å². The molecule has 7 heteroatoms. The van der Waals surface area contributed by atoms with Crippen molar-refractivity contribution in [2.45, 2.75) is 25.8 Å². The number of ether oxygens (including phenoxy) is 2. The molecule has 3 rings (SSSR count). The number of likely N-dealkylation sites (tertiary alicyclic amines) is 1. The van der Waals surface area contributed by atoms with E-state index in [-0.39, 0.29) is 18.0 Å². The monoisotopic (exact) mass is 357 g/mol. The Labute approximate surface area is 152 Å². The number of methoxy groups -OCH3 is 2. The maximum Gasteiger partial charge on any atom is 0.267 e. The van der Waals surface area contributed by atoms with Gasteiger partial charge >= 0.3 is 0 Å². The van der Waals surface area contributed by atoms with Crippen LogP contribution in [0.25, 0.3) is 11.3 Å². The Kier molecular flexibility index (Phi) is 5.55. The second-order valence-corrected chi connectivity index (χ2v) is 6.23. The SMILES string of the molecule is COc1ccc(-c2ccc(=O)n(CC(=O)N3CCCCC3)n2)cc1OC. The first kappa shape index (κ1) is 18.0. The Balaban J connectivity index is 1.85. The zero-order valence-electron chi connectivity index (χ0n) is 15.1. The average molecular weight is 357 g/mol. The molecule has 0 unspecified atom stereocenters. The molecule has 0 saturated carbocycles. The molecule has 2 aromatic rings. The minimum absolute atomic E-state index is 0.0417. The van der Waals surface area contributed by atoms with Gasteiger partial charge in [0.15, 0.2) is 11.5 Å². The van der Waals surface area contributed by atoms with Crippen LogP contribution in [0.5, 0.6) is 11.5 Å². The summed E-state index contributed by atoms with van der Waals surface area (Å²) in [6.07, 6.45) is 3.18. The smallest absolute Gasteiger partial charge is 0.267 e. The van der Waals surface area contributed by atoms with Gasteiger partial charge in [-0.05, 0) is 43.5 Å². The van der Waals surface area contributed by atoms with Gasteiger partial charge < -0.3 is 14.4 Å². The fourth-order valence-electron chi connectivity index (χ4n) is 3.08. The molecule has 0 radical (unpaired) electrons. The molecule has 1 aliphatic heterocycles. The molecule has 1 amide bonds. The maximum absolute atomic E-state index is 12.4. The van der Waals surface area contributed by atoms with E-state index in [1.165, 1.54) is 10.7 Å². The highest BCUT2D eigenvalue weighted by molar-refractivity contribution is 5.76. The molecule has 0 aliphatic carbocycles. The first-order valence-corrected chi connectivity index (χ1v) is 8.70. The summed E-state index contributed by atoms with van der Waals surface area (Å²) in [5, 5.41) is 4.37. The first-order chi connectivity index (χ1) is 12.6. The fraction of sp³-hybridized carbons (Fsp3) is 0.421. The third kappa shape index (κ3) is 3.87. The maximum atomic E-state index is 12.4. The van der Waals surface area contributed by atoms with Gasteiger partial charge in [0, 0.05) is 24.7 Å². The van der Waals surface area contributed by atoms with Crippen molar-refractivity contribution in [3.05, 3.63) is 40.7 Å². The van der Waals surface area contributed by atoms with Gasteiger partial charge in [0.05, 0.1) is 19.9 Å². The lowest BCUT2D eigenvalue weighted by Crippen LogP contribution is -2.40. The highest BCUT2D eigenvalue weighted by Crippen LogP contribution is 2.31. The molecule has 1 aromatic heterocycles. The minimum Gasteiger partial charge on any atom is -0.493 e. The van der Waals surface area contributed by atoms with E-state index >= 15 is 0 Å². The van der Waals surface area contributed by atoms with Gasteiger partial charge in [-0.1, -0.05) is 0 Å². The number of benzene rings is 1. The lowest BCUT2D eigenvalue weighted by atomic mass is 10.1. The molecule has 1 aliphatic rings. The van der Waals surface area contributed by atoms with Crippen LogP contribution in [0.1, 0.15) is 19.3 Å². The molecule has 0 atom stereocenters. The number of aromatic nitrogens is 2. The predicted molar refractivity (Wildman–Crippen MR) is 97.5 cm³/mol. The minimum atomic E-state index is -0.292. The van der Waals surface area contributed by atoms with Crippen molar-refractivity contribution in [3.8, 4) is 22.8 Å². The predicted octanol–water partition coefficient (Wildman–Crippen LogP) is 1.94. The van der Waals surface area contributed by atoms with Crippen LogP contribution in [0.2, 0.25) is 0 Å². The van der Waals surface area contributed by atoms with Crippen molar-refractivity contribution in [1.29, 1.82) is 0 Å². The van der Waals surface area contributed by atoms with Crippen LogP contribution in [0.3, 0.4) is 0 Å². The van der Waals surface area contributed by atoms with E-state index in [0.717, 1.165) is 37.9 Å². The van der Waals surface area contributed by atoms with Crippen LogP contribution in [0, 0.1) is 0 Å². The van der Waals surface area contributed by atoms with Crippen LogP contribution < -0.4 is 15.0 Å². The van der Waals surface area contributed by atoms with E-state index in [1.54, 1.807) is 37.3 Å². The molecule has 2 heterocycles. The molecular formula is C19H23N3O4. The summed E-state index contributed by atoms with van der Waals surface area (Å²) < 4.78 is 11.8. The van der Waals surface area contributed by atoms with Crippen molar-refractivity contribution in [2.24, 2.45) is 0 Å². The molecule has 0 bridgehead atoms. The summed E-state index contributed by atoms with van der Waals surface area (Å²) in [6.45, 7) is 1.46. The van der Waals surface area contributed by atoms with Gasteiger partial charge in [-0.25, -0.2) is 4.68 Å². The molecule has 138 valence electrons. The first-order valence-electron chi connectivity index (χ1n) is 8.70. The molecule has 1 fully saturated rings. The Bertz CT molecular complexity index is 841. The third-order valence-corrected chi connectivity index (χ3v) is 4.54. The number of carbonyl (C=O) groups is 1. The molecule has 1 saturated heterocycles. The Morgan fingerprint density at radius 1 is 1.04 bits per heavy atom. The lowest BCUT2D eigenvalue weighted by molar-refractivity contribution is -0.133. The zero-order valence-corrected chi connectivity index (χ0v) is 15.1. The largest absolute Gasteiger partial charge is 0.493 e. The van der Waals surface area contributed by atoms with E-state index in [1.807, 2.05) is 6.07 Å². The molecule has 26 heavy (non-hydrogen) atoms. The summed E-state index contributed by atoms with van der Waals surface area (Å²) in [7, 11) is 3.13. The molecule has 0 spiro atoms. The summed E-state index contributed by atoms with van der Waals surface area (Å²) in [5.74, 6) is 1.13. The Morgan fingerprint density at radius 3 is 2.46 bits per heavy atom. The molecular weight excluding hydrogens is 334 g/mol. The second kappa shape index (κ2) is 8.03. The van der Waals surface area contributed by atoms with E-state index in [4.69, 9.17) is 9.47 Å². The van der Waals surface area contributed by atoms with Crippen LogP contribution >= 0.6 is 0 Å². The molecule has 0 N–H and O–H groups in total. The summed E-state index contributed by atoms with van der Waals surface area (Å²) in [5.41, 5.74) is 1.08. The average Bonchev–Trinajstić information content (AvgIpc) is 2.69. The number of amides is 1. The number of rotatable bonds is 5. The molecule has 1 aromatic carbocycles. The Morgan fingerprint density at radius 2 is 1.77 bits per heavy atom. The van der Waals surface area contributed by atoms with E-state index in [2.05, 4.69) is 5.10 Å². The zero-order chi connectivity index (χ0) is 18.5. The number of hydrogen-bond acceptors (Lipinski definition) is 5. The van der Waals surface area contributed by atoms with Crippen molar-refractivity contribution in [3.63, 3.8) is 0 Å². The van der Waals surface area contributed by atoms with Crippen LogP contribution in [0.15, 0.2) is 35.1 Å². The topological polar surface area (TPSA) is 73.7 Å². The number of piperidine rings is 1. The normalized spacial score (nSPS) is 14.2. The highest BCUT2D eigenvalue weighted by Gasteiger charge is 2.18. The van der Waals surface area contributed by atoms with Gasteiger partial charge in [-0.15, -0.1) is 0 Å². The van der Waals surface area contributed by atoms with Crippen molar-refractivity contribution in [2.75, 3.05) is 27.3 Å². The van der Waals surface area contributed by atoms with E-state index < -0.39 is 0 Å². The Hall–Kier alpha value is -2.83. The van der Waals surface area contributed by atoms with Crippen molar-refractivity contribution < 1.29 is 14.3 Å². The summed E-state index contributed by atoms with van der Waals surface area (Å²) in [6, 6.07) is 8.49. The van der Waals surface area contributed by atoms with Crippen molar-refractivity contribution in [1.82, 2.24) is 14.7 Å². The lowest BCUT2D eigenvalue weighted by Gasteiger charge is -2.26. The summed E-state index contributed by atoms with van der Waals surface area (Å²) in [4.78, 5) is 26.4. The van der Waals surface area contributed by atoms with Crippen molar-refractivity contribution >= 4 is 5.91 Å². The number of nitrogens with zero attached hydrogens (tertiary/aromatic N) is 3. The van der Waals surface area contributed by atoms with Gasteiger partial charge in [0.2, 0.25) is 5.91 Å². The van der Waals surface area contributed by atoms with Crippen LogP contribution in [-0.2, 0) is 11.3 Å². The third-order valence-electron chi connectivity index (χ3n) is 4.54. The molecule has 7 nitrogen and oxygen atoms in total. The summed E-state index contributed by atoms with van der Waals surface area (Å²) >= 11 is 0. The number of hydrogen-bond donors (Lipinski definition) is 0. The quantitative estimate of drug-likeness (QED) is 0.818. The highest BCUT2D eigenvalue weighted by atomic mass is 16.5. The second-order valence-electron chi connectivity index (χ2n) is 6.23. The fourth-order valence-corrected chi connectivity index (χ4v) is 3.08. The van der Waals surface area contributed by atoms with Gasteiger partial charge in [0.25, 0.3) is 5.56 Å². The number of carbonyl (C=O) groups excluding carboxylic acids is 1.